The van der Waals surface area contributed by atoms with Crippen LogP contribution in [-0.2, 0) is 30.2 Å². The van der Waals surface area contributed by atoms with Crippen LogP contribution < -0.4 is 5.32 Å². The van der Waals surface area contributed by atoms with E-state index in [0.29, 0.717) is 45.1 Å². The summed E-state index contributed by atoms with van der Waals surface area (Å²) in [5, 5.41) is 24.8. The van der Waals surface area contributed by atoms with Gasteiger partial charge in [0.05, 0.1) is 29.3 Å². The second-order valence-electron chi connectivity index (χ2n) is 12.0. The third kappa shape index (κ3) is 8.72. The molecule has 1 aromatic rings. The maximum Gasteiger partial charge on any atom is 0.225 e. The molecule has 0 radical (unpaired) electrons. The normalized spacial score (nSPS) is 37.7. The second kappa shape index (κ2) is 13.5. The van der Waals surface area contributed by atoms with Gasteiger partial charge in [-0.25, -0.2) is 0 Å². The molecule has 8 atom stereocenters. The minimum atomic E-state index is -0.973. The number of carbonyl (C=O) groups excluding carboxylic acids is 2. The van der Waals surface area contributed by atoms with Gasteiger partial charge in [-0.15, -0.1) is 0 Å². The number of nitrogens with one attached hydrogen (secondary N) is 1. The molecule has 3 rings (SSSR count). The Morgan fingerprint density at radius 2 is 1.85 bits per heavy atom. The number of ether oxygens (including phenoxy) is 3. The fourth-order valence-corrected chi connectivity index (χ4v) is 5.57. The zero-order valence-corrected chi connectivity index (χ0v) is 24.4. The maximum absolute atomic E-state index is 13.6. The molecule has 3 N–H and O–H groups in total. The van der Waals surface area contributed by atoms with Crippen molar-refractivity contribution in [2.45, 2.75) is 114 Å². The molecule has 2 fully saturated rings. The first-order valence-corrected chi connectivity index (χ1v) is 14.2. The molecule has 39 heavy (non-hydrogen) atoms. The van der Waals surface area contributed by atoms with Crippen molar-refractivity contribution in [2.75, 3.05) is 20.7 Å². The van der Waals surface area contributed by atoms with Crippen molar-refractivity contribution in [2.24, 2.45) is 5.92 Å². The van der Waals surface area contributed by atoms with Gasteiger partial charge in [0, 0.05) is 39.6 Å². The van der Waals surface area contributed by atoms with E-state index >= 15 is 0 Å². The summed E-state index contributed by atoms with van der Waals surface area (Å²) in [7, 11) is 3.32. The number of aliphatic hydroxyl groups excluding tert-OH is 1. The van der Waals surface area contributed by atoms with Crippen molar-refractivity contribution >= 4 is 11.8 Å². The van der Waals surface area contributed by atoms with E-state index in [-0.39, 0.29) is 24.3 Å². The van der Waals surface area contributed by atoms with E-state index in [9.17, 15) is 19.8 Å². The minimum Gasteiger partial charge on any atom is -0.390 e. The van der Waals surface area contributed by atoms with Gasteiger partial charge in [-0.2, -0.15) is 0 Å². The Morgan fingerprint density at radius 3 is 2.51 bits per heavy atom. The highest BCUT2D eigenvalue weighted by molar-refractivity contribution is 5.81. The van der Waals surface area contributed by atoms with E-state index in [0.717, 1.165) is 5.56 Å². The summed E-state index contributed by atoms with van der Waals surface area (Å²) in [4.78, 5) is 28.3. The monoisotopic (exact) mass is 548 g/mol. The Kier molecular flexibility index (Phi) is 10.9. The fraction of sp³-hybridized carbons (Fsp3) is 0.733. The predicted molar refractivity (Wildman–Crippen MR) is 148 cm³/mol. The van der Waals surface area contributed by atoms with E-state index < -0.39 is 41.7 Å². The van der Waals surface area contributed by atoms with Gasteiger partial charge in [0.2, 0.25) is 11.8 Å². The van der Waals surface area contributed by atoms with Crippen molar-refractivity contribution in [1.82, 2.24) is 10.2 Å². The lowest BCUT2D eigenvalue weighted by molar-refractivity contribution is -0.291. The number of hydrogen-bond donors (Lipinski definition) is 3. The smallest absolute Gasteiger partial charge is 0.225 e. The Hall–Kier alpha value is -2.04. The average Bonchev–Trinajstić information content (AvgIpc) is 2.89. The summed E-state index contributed by atoms with van der Waals surface area (Å²) in [6, 6.07) is 9.44. The molecular weight excluding hydrogens is 500 g/mol. The number of methoxy groups -OCH3 is 1. The van der Waals surface area contributed by atoms with Gasteiger partial charge in [0.1, 0.15) is 6.10 Å². The summed E-state index contributed by atoms with van der Waals surface area (Å²) < 4.78 is 18.0. The molecule has 2 aliphatic heterocycles. The van der Waals surface area contributed by atoms with E-state index in [1.165, 1.54) is 0 Å². The lowest BCUT2D eigenvalue weighted by Gasteiger charge is -2.45. The number of carbonyl (C=O) groups is 2. The highest BCUT2D eigenvalue weighted by Gasteiger charge is 2.46. The van der Waals surface area contributed by atoms with Crippen molar-refractivity contribution in [1.29, 1.82) is 0 Å². The summed E-state index contributed by atoms with van der Waals surface area (Å²) in [5.41, 5.74) is -0.786. The van der Waals surface area contributed by atoms with Crippen molar-refractivity contribution < 1.29 is 34.0 Å². The van der Waals surface area contributed by atoms with Gasteiger partial charge < -0.3 is 34.6 Å². The van der Waals surface area contributed by atoms with E-state index in [1.807, 2.05) is 44.2 Å². The van der Waals surface area contributed by atoms with E-state index in [1.54, 1.807) is 32.9 Å². The molecule has 2 heterocycles. The number of amides is 2. The molecule has 9 heteroatoms. The van der Waals surface area contributed by atoms with Crippen LogP contribution in [-0.4, -0.2) is 89.5 Å². The highest BCUT2D eigenvalue weighted by atomic mass is 16.7. The molecule has 220 valence electrons. The number of nitrogens with zero attached hydrogens (tertiary/aromatic N) is 1. The molecule has 0 spiro atoms. The quantitative estimate of drug-likeness (QED) is 0.518. The fourth-order valence-electron chi connectivity index (χ4n) is 5.57. The number of rotatable bonds is 5. The molecule has 0 aromatic heterocycles. The maximum atomic E-state index is 13.6. The van der Waals surface area contributed by atoms with Crippen LogP contribution in [0.4, 0.5) is 0 Å². The third-order valence-corrected chi connectivity index (χ3v) is 8.47. The van der Waals surface area contributed by atoms with Gasteiger partial charge in [0.25, 0.3) is 0 Å². The molecule has 0 aliphatic carbocycles. The topological polar surface area (TPSA) is 118 Å². The SMILES string of the molecule is CO[C@]1(C)C[C@H](OC2CC[C@](C)(O)CCCN(C)C(=O)C[C@H](Cc3ccccc3)NC(=O)C2C)O[C@@H](C)[C@@H]1O. The van der Waals surface area contributed by atoms with Gasteiger partial charge >= 0.3 is 0 Å². The van der Waals surface area contributed by atoms with Gasteiger partial charge in [0.15, 0.2) is 6.29 Å². The van der Waals surface area contributed by atoms with Crippen LogP contribution in [0.25, 0.3) is 0 Å². The van der Waals surface area contributed by atoms with Crippen LogP contribution in [0.1, 0.15) is 71.8 Å². The van der Waals surface area contributed by atoms with Crippen LogP contribution in [0.2, 0.25) is 0 Å². The Labute approximate surface area is 233 Å². The lowest BCUT2D eigenvalue weighted by atomic mass is 9.87. The van der Waals surface area contributed by atoms with Crippen molar-refractivity contribution in [3.63, 3.8) is 0 Å². The van der Waals surface area contributed by atoms with Crippen LogP contribution in [0.15, 0.2) is 30.3 Å². The summed E-state index contributed by atoms with van der Waals surface area (Å²) in [5.74, 6) is -0.837. The second-order valence-corrected chi connectivity index (χ2v) is 12.0. The third-order valence-electron chi connectivity index (χ3n) is 8.47. The average molecular weight is 549 g/mol. The molecule has 2 aliphatic rings. The molecule has 9 nitrogen and oxygen atoms in total. The molecule has 0 bridgehead atoms. The van der Waals surface area contributed by atoms with E-state index in [4.69, 9.17) is 14.2 Å². The Bertz CT molecular complexity index is 942. The Balaban J connectivity index is 1.83. The zero-order valence-electron chi connectivity index (χ0n) is 24.4. The van der Waals surface area contributed by atoms with Crippen molar-refractivity contribution in [3.05, 3.63) is 35.9 Å². The number of benzene rings is 1. The summed E-state index contributed by atoms with van der Waals surface area (Å²) in [6.45, 7) is 7.72. The van der Waals surface area contributed by atoms with Crippen LogP contribution in [0, 0.1) is 5.92 Å². The Morgan fingerprint density at radius 1 is 1.15 bits per heavy atom. The van der Waals surface area contributed by atoms with E-state index in [2.05, 4.69) is 5.32 Å². The number of hydrogen-bond acceptors (Lipinski definition) is 7. The first kappa shape index (κ1) is 31.5. The molecule has 1 aromatic carbocycles. The standard InChI is InChI=1S/C30H48N2O7/c1-20-24(39-26-19-30(4,37-6)27(34)21(2)38-26)13-15-29(3,36)14-10-16-32(5)25(33)18-23(31-28(20)35)17-22-11-8-7-9-12-22/h7-9,11-12,20-21,23-24,26-27,34,36H,10,13-19H2,1-6H3,(H,31,35)/t20?,21-,23-,24?,26-,27-,29+,30+/m0/s1. The molecule has 0 saturated carbocycles. The zero-order chi connectivity index (χ0) is 28.8. The lowest BCUT2D eigenvalue weighted by Crippen LogP contribution is -2.57. The first-order chi connectivity index (χ1) is 18.3. The van der Waals surface area contributed by atoms with Gasteiger partial charge in [-0.1, -0.05) is 37.3 Å². The summed E-state index contributed by atoms with van der Waals surface area (Å²) >= 11 is 0. The first-order valence-electron chi connectivity index (χ1n) is 14.2. The van der Waals surface area contributed by atoms with Gasteiger partial charge in [-0.3, -0.25) is 9.59 Å². The predicted octanol–water partition coefficient (Wildman–Crippen LogP) is 2.81. The molecular formula is C30H48N2O7. The van der Waals surface area contributed by atoms with Crippen molar-refractivity contribution in [3.8, 4) is 0 Å². The largest absolute Gasteiger partial charge is 0.390 e. The van der Waals surface area contributed by atoms with Crippen LogP contribution in [0.3, 0.4) is 0 Å². The molecule has 2 saturated heterocycles. The highest BCUT2D eigenvalue weighted by Crippen LogP contribution is 2.34. The molecule has 2 unspecified atom stereocenters. The number of aliphatic hydroxyl groups is 2. The van der Waals surface area contributed by atoms with Crippen LogP contribution >= 0.6 is 0 Å². The summed E-state index contributed by atoms with van der Waals surface area (Å²) in [6.07, 6.45) is 0.499. The minimum absolute atomic E-state index is 0.0459. The molecule has 2 amide bonds. The van der Waals surface area contributed by atoms with Crippen LogP contribution in [0.5, 0.6) is 0 Å². The van der Waals surface area contributed by atoms with Gasteiger partial charge in [-0.05, 0) is 58.4 Å².